The van der Waals surface area contributed by atoms with Crippen LogP contribution in [0.25, 0.3) is 10.6 Å². The molecule has 19 heavy (non-hydrogen) atoms. The Hall–Kier alpha value is -1.50. The van der Waals surface area contributed by atoms with Crippen molar-refractivity contribution in [3.05, 3.63) is 29.8 Å². The molecule has 2 heterocycles. The number of nitrogens with two attached hydrogens (primary N) is 1. The van der Waals surface area contributed by atoms with Crippen LogP contribution in [0.5, 0.6) is 0 Å². The van der Waals surface area contributed by atoms with Gasteiger partial charge in [0.05, 0.1) is 13.2 Å². The molecule has 1 aliphatic rings. The van der Waals surface area contributed by atoms with Crippen LogP contribution in [-0.4, -0.2) is 41.4 Å². The normalized spacial score (nSPS) is 16.6. The van der Waals surface area contributed by atoms with Gasteiger partial charge in [-0.25, -0.2) is 0 Å². The van der Waals surface area contributed by atoms with Crippen molar-refractivity contribution in [2.24, 2.45) is 0 Å². The molecule has 0 spiro atoms. The average Bonchev–Trinajstić information content (AvgIpc) is 2.87. The maximum atomic E-state index is 5.60. The zero-order valence-corrected chi connectivity index (χ0v) is 11.4. The van der Waals surface area contributed by atoms with Crippen molar-refractivity contribution in [2.45, 2.75) is 6.54 Å². The molecular weight excluding hydrogens is 260 g/mol. The summed E-state index contributed by atoms with van der Waals surface area (Å²) in [5.74, 6) is 0. The lowest BCUT2D eigenvalue weighted by Gasteiger charge is -2.26. The summed E-state index contributed by atoms with van der Waals surface area (Å²) in [5.41, 5.74) is 7.97. The molecule has 2 N–H and O–H groups in total. The van der Waals surface area contributed by atoms with Crippen molar-refractivity contribution in [3.63, 3.8) is 0 Å². The lowest BCUT2D eigenvalue weighted by Crippen LogP contribution is -2.35. The molecule has 1 saturated heterocycles. The number of rotatable bonds is 3. The van der Waals surface area contributed by atoms with E-state index in [0.29, 0.717) is 5.13 Å². The fourth-order valence-corrected chi connectivity index (χ4v) is 2.74. The van der Waals surface area contributed by atoms with E-state index in [0.717, 1.165) is 43.4 Å². The van der Waals surface area contributed by atoms with E-state index < -0.39 is 0 Å². The molecule has 1 aromatic carbocycles. The maximum Gasteiger partial charge on any atom is 0.203 e. The highest BCUT2D eigenvalue weighted by atomic mass is 32.1. The van der Waals surface area contributed by atoms with Crippen molar-refractivity contribution in [1.82, 2.24) is 15.1 Å². The summed E-state index contributed by atoms with van der Waals surface area (Å²) in [6.07, 6.45) is 0. The highest BCUT2D eigenvalue weighted by molar-refractivity contribution is 7.18. The fourth-order valence-electron chi connectivity index (χ4n) is 2.12. The minimum absolute atomic E-state index is 0.507. The van der Waals surface area contributed by atoms with Gasteiger partial charge in [-0.15, -0.1) is 10.2 Å². The third kappa shape index (κ3) is 3.09. The van der Waals surface area contributed by atoms with E-state index in [1.165, 1.54) is 16.9 Å². The van der Waals surface area contributed by atoms with Crippen LogP contribution >= 0.6 is 11.3 Å². The summed E-state index contributed by atoms with van der Waals surface area (Å²) < 4.78 is 5.35. The number of hydrogen-bond donors (Lipinski definition) is 1. The Kier molecular flexibility index (Phi) is 3.72. The largest absolute Gasteiger partial charge is 0.379 e. The molecule has 5 nitrogen and oxygen atoms in total. The quantitative estimate of drug-likeness (QED) is 0.923. The van der Waals surface area contributed by atoms with Gasteiger partial charge in [0.15, 0.2) is 0 Å². The van der Waals surface area contributed by atoms with E-state index in [1.54, 1.807) is 0 Å². The molecule has 0 bridgehead atoms. The molecule has 0 amide bonds. The first-order valence-electron chi connectivity index (χ1n) is 6.30. The van der Waals surface area contributed by atoms with Gasteiger partial charge in [-0.05, 0) is 5.56 Å². The molecule has 2 aromatic rings. The van der Waals surface area contributed by atoms with E-state index in [-0.39, 0.29) is 0 Å². The second kappa shape index (κ2) is 5.64. The second-order valence-corrected chi connectivity index (χ2v) is 5.54. The van der Waals surface area contributed by atoms with Crippen molar-refractivity contribution >= 4 is 16.5 Å². The zero-order valence-electron chi connectivity index (χ0n) is 10.6. The first-order chi connectivity index (χ1) is 9.31. The molecule has 100 valence electrons. The lowest BCUT2D eigenvalue weighted by atomic mass is 10.1. The van der Waals surface area contributed by atoms with Crippen LogP contribution in [0.15, 0.2) is 24.3 Å². The number of morpholine rings is 1. The Morgan fingerprint density at radius 3 is 2.53 bits per heavy atom. The maximum absolute atomic E-state index is 5.60. The Morgan fingerprint density at radius 2 is 1.89 bits per heavy atom. The number of nitrogen functional groups attached to an aromatic ring is 1. The fraction of sp³-hybridized carbons (Fsp3) is 0.385. The van der Waals surface area contributed by atoms with Crippen LogP contribution in [0, 0.1) is 0 Å². The van der Waals surface area contributed by atoms with E-state index in [1.807, 2.05) is 0 Å². The lowest BCUT2D eigenvalue weighted by molar-refractivity contribution is 0.0342. The summed E-state index contributed by atoms with van der Waals surface area (Å²) >= 11 is 1.41. The molecular formula is C13H16N4OS. The molecule has 0 aliphatic carbocycles. The van der Waals surface area contributed by atoms with Gasteiger partial charge in [0.2, 0.25) is 5.13 Å². The SMILES string of the molecule is Nc1nnc(-c2ccc(CN3CCOCC3)cc2)s1. The van der Waals surface area contributed by atoms with Gasteiger partial charge < -0.3 is 10.5 Å². The van der Waals surface area contributed by atoms with Crippen molar-refractivity contribution in [1.29, 1.82) is 0 Å². The predicted molar refractivity (Wildman–Crippen MR) is 75.9 cm³/mol. The van der Waals surface area contributed by atoms with Crippen LogP contribution in [-0.2, 0) is 11.3 Å². The highest BCUT2D eigenvalue weighted by Gasteiger charge is 2.11. The summed E-state index contributed by atoms with van der Waals surface area (Å²) in [7, 11) is 0. The number of aromatic nitrogens is 2. The minimum Gasteiger partial charge on any atom is -0.379 e. The molecule has 6 heteroatoms. The Labute approximate surface area is 116 Å². The topological polar surface area (TPSA) is 64.3 Å². The molecule has 0 saturated carbocycles. The van der Waals surface area contributed by atoms with Gasteiger partial charge in [0, 0.05) is 25.2 Å². The summed E-state index contributed by atoms with van der Waals surface area (Å²) in [4.78, 5) is 2.40. The van der Waals surface area contributed by atoms with Gasteiger partial charge >= 0.3 is 0 Å². The van der Waals surface area contributed by atoms with Crippen LogP contribution in [0.1, 0.15) is 5.56 Å². The third-order valence-corrected chi connectivity index (χ3v) is 3.95. The Balaban J connectivity index is 1.68. The molecule has 1 fully saturated rings. The second-order valence-electron chi connectivity index (χ2n) is 4.53. The van der Waals surface area contributed by atoms with E-state index in [4.69, 9.17) is 10.5 Å². The number of ether oxygens (including phenoxy) is 1. The van der Waals surface area contributed by atoms with Gasteiger partial charge in [0.25, 0.3) is 0 Å². The molecule has 1 aliphatic heterocycles. The Morgan fingerprint density at radius 1 is 1.16 bits per heavy atom. The monoisotopic (exact) mass is 276 g/mol. The summed E-state index contributed by atoms with van der Waals surface area (Å²) in [5, 5.41) is 9.26. The summed E-state index contributed by atoms with van der Waals surface area (Å²) in [6.45, 7) is 4.66. The van der Waals surface area contributed by atoms with Gasteiger partial charge in [0.1, 0.15) is 5.01 Å². The van der Waals surface area contributed by atoms with E-state index in [2.05, 4.69) is 39.4 Å². The first kappa shape index (κ1) is 12.5. The van der Waals surface area contributed by atoms with Gasteiger partial charge in [-0.2, -0.15) is 0 Å². The van der Waals surface area contributed by atoms with Crippen molar-refractivity contribution < 1.29 is 4.74 Å². The number of nitrogens with zero attached hydrogens (tertiary/aromatic N) is 3. The average molecular weight is 276 g/mol. The molecule has 0 unspecified atom stereocenters. The standard InChI is InChI=1S/C13H16N4OS/c14-13-16-15-12(19-13)11-3-1-10(2-4-11)9-17-5-7-18-8-6-17/h1-4H,5-9H2,(H2,14,16). The molecule has 0 radical (unpaired) electrons. The van der Waals surface area contributed by atoms with Crippen molar-refractivity contribution in [2.75, 3.05) is 32.0 Å². The number of anilines is 1. The summed E-state index contributed by atoms with van der Waals surface area (Å²) in [6, 6.07) is 8.44. The van der Waals surface area contributed by atoms with Crippen molar-refractivity contribution in [3.8, 4) is 10.6 Å². The number of hydrogen-bond acceptors (Lipinski definition) is 6. The zero-order chi connectivity index (χ0) is 13.1. The van der Waals surface area contributed by atoms with E-state index >= 15 is 0 Å². The smallest absolute Gasteiger partial charge is 0.203 e. The molecule has 1 aromatic heterocycles. The third-order valence-electron chi connectivity index (χ3n) is 3.15. The van der Waals surface area contributed by atoms with Gasteiger partial charge in [-0.3, -0.25) is 4.90 Å². The molecule has 3 rings (SSSR count). The minimum atomic E-state index is 0.507. The number of benzene rings is 1. The van der Waals surface area contributed by atoms with Crippen LogP contribution in [0.2, 0.25) is 0 Å². The van der Waals surface area contributed by atoms with Crippen LogP contribution in [0.3, 0.4) is 0 Å². The van der Waals surface area contributed by atoms with Crippen LogP contribution < -0.4 is 5.73 Å². The molecule has 0 atom stereocenters. The van der Waals surface area contributed by atoms with Gasteiger partial charge in [-0.1, -0.05) is 35.6 Å². The first-order valence-corrected chi connectivity index (χ1v) is 7.11. The Bertz CT molecular complexity index is 534. The predicted octanol–water partition coefficient (Wildman–Crippen LogP) is 1.62. The van der Waals surface area contributed by atoms with E-state index in [9.17, 15) is 0 Å². The van der Waals surface area contributed by atoms with Crippen LogP contribution in [0.4, 0.5) is 5.13 Å². The highest BCUT2D eigenvalue weighted by Crippen LogP contribution is 2.24.